The molecule has 2 N–H and O–H groups in total. The van der Waals surface area contributed by atoms with Crippen molar-refractivity contribution in [2.75, 3.05) is 5.32 Å². The molecule has 0 aliphatic rings. The first-order valence-corrected chi connectivity index (χ1v) is 9.76. The second-order valence-corrected chi connectivity index (χ2v) is 7.81. The van der Waals surface area contributed by atoms with E-state index in [2.05, 4.69) is 34.1 Å². The lowest BCUT2D eigenvalue weighted by molar-refractivity contribution is -0.115. The molecule has 0 bridgehead atoms. The molecule has 3 rings (SSSR count). The lowest BCUT2D eigenvalue weighted by Gasteiger charge is -2.15. The van der Waals surface area contributed by atoms with Gasteiger partial charge in [0.15, 0.2) is 16.3 Å². The van der Waals surface area contributed by atoms with Gasteiger partial charge in [-0.25, -0.2) is 9.97 Å². The number of H-pyrrole nitrogens is 1. The van der Waals surface area contributed by atoms with Crippen molar-refractivity contribution >= 4 is 34.5 Å². The first kappa shape index (κ1) is 19.2. The van der Waals surface area contributed by atoms with E-state index < -0.39 is 0 Å². The number of aromatic nitrogens is 4. The number of nitrogens with zero attached hydrogens (tertiary/aromatic N) is 3. The van der Waals surface area contributed by atoms with E-state index in [4.69, 9.17) is 0 Å². The minimum absolute atomic E-state index is 0.0891. The standard InChI is InChI=1S/C19H23N5O2S/c1-5-14(17(25)22-13-8-6-12(7-9-13)11(2)3)27-19-23-15-16(24(19)4)20-10-21-18(15)26/h6-11,14H,5H2,1-4H3,(H,22,25)(H,20,21,26)/t14-/m1/s1. The highest BCUT2D eigenvalue weighted by Gasteiger charge is 2.22. The van der Waals surface area contributed by atoms with Crippen LogP contribution in [0.1, 0.15) is 38.7 Å². The van der Waals surface area contributed by atoms with Crippen molar-refractivity contribution in [3.05, 3.63) is 46.5 Å². The van der Waals surface area contributed by atoms with Crippen molar-refractivity contribution < 1.29 is 4.79 Å². The molecule has 0 spiro atoms. The fraction of sp³-hybridized carbons (Fsp3) is 0.368. The van der Waals surface area contributed by atoms with E-state index in [1.807, 2.05) is 31.2 Å². The third-order valence-corrected chi connectivity index (χ3v) is 5.79. The van der Waals surface area contributed by atoms with E-state index in [0.717, 1.165) is 5.69 Å². The van der Waals surface area contributed by atoms with Gasteiger partial charge < -0.3 is 14.9 Å². The van der Waals surface area contributed by atoms with Crippen molar-refractivity contribution in [3.63, 3.8) is 0 Å². The van der Waals surface area contributed by atoms with Crippen LogP contribution >= 0.6 is 11.8 Å². The Morgan fingerprint density at radius 3 is 2.59 bits per heavy atom. The lowest BCUT2D eigenvalue weighted by Crippen LogP contribution is -2.25. The number of hydrogen-bond acceptors (Lipinski definition) is 5. The molecule has 142 valence electrons. The summed E-state index contributed by atoms with van der Waals surface area (Å²) in [5.41, 5.74) is 2.49. The minimum atomic E-state index is -0.329. The monoisotopic (exact) mass is 385 g/mol. The van der Waals surface area contributed by atoms with Crippen LogP contribution in [0.15, 0.2) is 40.5 Å². The zero-order valence-corrected chi connectivity index (χ0v) is 16.6. The van der Waals surface area contributed by atoms with Gasteiger partial charge in [-0.15, -0.1) is 0 Å². The Hall–Kier alpha value is -2.61. The average Bonchev–Trinajstić information content (AvgIpc) is 2.97. The highest BCUT2D eigenvalue weighted by atomic mass is 32.2. The highest BCUT2D eigenvalue weighted by molar-refractivity contribution is 8.00. The van der Waals surface area contributed by atoms with Crippen LogP contribution in [0.4, 0.5) is 5.69 Å². The number of imidazole rings is 1. The Kier molecular flexibility index (Phi) is 5.65. The van der Waals surface area contributed by atoms with Gasteiger partial charge in [0.1, 0.15) is 0 Å². The number of aryl methyl sites for hydroxylation is 1. The molecule has 0 saturated heterocycles. The van der Waals surface area contributed by atoms with Gasteiger partial charge in [0.25, 0.3) is 5.56 Å². The van der Waals surface area contributed by atoms with Gasteiger partial charge in [-0.05, 0) is 30.0 Å². The van der Waals surface area contributed by atoms with Gasteiger partial charge in [0.05, 0.1) is 11.6 Å². The predicted molar refractivity (Wildman–Crippen MR) is 108 cm³/mol. The van der Waals surface area contributed by atoms with Gasteiger partial charge in [0, 0.05) is 12.7 Å². The molecule has 2 heterocycles. The third kappa shape index (κ3) is 4.05. The molecule has 0 saturated carbocycles. The van der Waals surface area contributed by atoms with Crippen molar-refractivity contribution in [1.82, 2.24) is 19.5 Å². The maximum atomic E-state index is 12.7. The van der Waals surface area contributed by atoms with Crippen molar-refractivity contribution in [1.29, 1.82) is 0 Å². The lowest BCUT2D eigenvalue weighted by atomic mass is 10.0. The maximum Gasteiger partial charge on any atom is 0.278 e. The first-order chi connectivity index (χ1) is 12.9. The Morgan fingerprint density at radius 1 is 1.30 bits per heavy atom. The summed E-state index contributed by atoms with van der Waals surface area (Å²) < 4.78 is 1.74. The normalized spacial score (nSPS) is 12.5. The Balaban J connectivity index is 1.77. The molecular weight excluding hydrogens is 362 g/mol. The molecule has 8 heteroatoms. The highest BCUT2D eigenvalue weighted by Crippen LogP contribution is 2.27. The van der Waals surface area contributed by atoms with E-state index in [0.29, 0.717) is 23.1 Å². The zero-order valence-electron chi connectivity index (χ0n) is 15.8. The molecule has 0 aliphatic heterocycles. The third-order valence-electron chi connectivity index (χ3n) is 4.38. The summed E-state index contributed by atoms with van der Waals surface area (Å²) in [7, 11) is 1.79. The Morgan fingerprint density at radius 2 is 2.00 bits per heavy atom. The fourth-order valence-electron chi connectivity index (χ4n) is 2.72. The minimum Gasteiger partial charge on any atom is -0.325 e. The summed E-state index contributed by atoms with van der Waals surface area (Å²) in [6.07, 6.45) is 1.99. The quantitative estimate of drug-likeness (QED) is 0.635. The van der Waals surface area contributed by atoms with Crippen LogP contribution in [0.3, 0.4) is 0 Å². The fourth-order valence-corrected chi connectivity index (χ4v) is 3.70. The molecule has 3 aromatic rings. The Labute approximate surface area is 161 Å². The van der Waals surface area contributed by atoms with Crippen LogP contribution in [-0.2, 0) is 11.8 Å². The van der Waals surface area contributed by atoms with Crippen molar-refractivity contribution in [3.8, 4) is 0 Å². The van der Waals surface area contributed by atoms with E-state index in [1.165, 1.54) is 23.7 Å². The van der Waals surface area contributed by atoms with Crippen molar-refractivity contribution in [2.24, 2.45) is 7.05 Å². The smallest absolute Gasteiger partial charge is 0.278 e. The number of hydrogen-bond donors (Lipinski definition) is 2. The second kappa shape index (κ2) is 7.96. The van der Waals surface area contributed by atoms with Gasteiger partial charge >= 0.3 is 0 Å². The number of fused-ring (bicyclic) bond motifs is 1. The largest absolute Gasteiger partial charge is 0.325 e. The number of anilines is 1. The molecule has 27 heavy (non-hydrogen) atoms. The van der Waals surface area contributed by atoms with E-state index in [9.17, 15) is 9.59 Å². The van der Waals surface area contributed by atoms with Crippen LogP contribution in [-0.4, -0.2) is 30.7 Å². The summed E-state index contributed by atoms with van der Waals surface area (Å²) in [5, 5.41) is 3.22. The number of benzene rings is 1. The molecule has 0 radical (unpaired) electrons. The average molecular weight is 385 g/mol. The number of amides is 1. The summed E-state index contributed by atoms with van der Waals surface area (Å²) in [6, 6.07) is 7.89. The summed E-state index contributed by atoms with van der Waals surface area (Å²) in [4.78, 5) is 35.6. The van der Waals surface area contributed by atoms with Crippen LogP contribution in [0.25, 0.3) is 11.2 Å². The van der Waals surface area contributed by atoms with E-state index in [-0.39, 0.29) is 22.2 Å². The van der Waals surface area contributed by atoms with Crippen LogP contribution in [0.5, 0.6) is 0 Å². The maximum absolute atomic E-state index is 12.7. The zero-order chi connectivity index (χ0) is 19.6. The van der Waals surface area contributed by atoms with Gasteiger partial charge in [-0.3, -0.25) is 9.59 Å². The Bertz CT molecular complexity index is 1010. The molecule has 0 fully saturated rings. The number of rotatable bonds is 6. The van der Waals surface area contributed by atoms with Gasteiger partial charge in [-0.2, -0.15) is 0 Å². The first-order valence-electron chi connectivity index (χ1n) is 8.88. The number of thioether (sulfide) groups is 1. The summed E-state index contributed by atoms with van der Waals surface area (Å²) in [6.45, 7) is 6.22. The predicted octanol–water partition coefficient (Wildman–Crippen LogP) is 3.29. The second-order valence-electron chi connectivity index (χ2n) is 6.64. The van der Waals surface area contributed by atoms with Crippen LogP contribution in [0.2, 0.25) is 0 Å². The number of carbonyl (C=O) groups excluding carboxylic acids is 1. The number of aromatic amines is 1. The van der Waals surface area contributed by atoms with E-state index >= 15 is 0 Å². The SMILES string of the molecule is CC[C@@H](Sc1nc2c(=O)[nH]cnc2n1C)C(=O)Nc1ccc(C(C)C)cc1. The molecule has 0 unspecified atom stereocenters. The van der Waals surface area contributed by atoms with Gasteiger partial charge in [-0.1, -0.05) is 44.7 Å². The molecule has 1 amide bonds. The summed E-state index contributed by atoms with van der Waals surface area (Å²) in [5.74, 6) is 0.358. The van der Waals surface area contributed by atoms with Crippen molar-refractivity contribution in [2.45, 2.75) is 43.5 Å². The van der Waals surface area contributed by atoms with Crippen LogP contribution in [0, 0.1) is 0 Å². The molecule has 7 nitrogen and oxygen atoms in total. The van der Waals surface area contributed by atoms with E-state index in [1.54, 1.807) is 11.6 Å². The topological polar surface area (TPSA) is 92.7 Å². The molecular formula is C19H23N5O2S. The number of nitrogens with one attached hydrogen (secondary N) is 2. The van der Waals surface area contributed by atoms with Gasteiger partial charge in [0.2, 0.25) is 5.91 Å². The molecule has 1 aromatic carbocycles. The number of carbonyl (C=O) groups is 1. The molecule has 2 aromatic heterocycles. The summed E-state index contributed by atoms with van der Waals surface area (Å²) >= 11 is 1.33. The molecule has 0 aliphatic carbocycles. The molecule has 1 atom stereocenters. The van der Waals surface area contributed by atoms with Crippen LogP contribution < -0.4 is 10.9 Å².